The summed E-state index contributed by atoms with van der Waals surface area (Å²) in [6, 6.07) is 0. The summed E-state index contributed by atoms with van der Waals surface area (Å²) in [4.78, 5) is 38.4. The molecule has 0 fully saturated rings. The second-order valence-corrected chi connectivity index (χ2v) is 5.48. The number of aliphatic hydroxyl groups excluding tert-OH is 1. The molecule has 176 valence electrons. The van der Waals surface area contributed by atoms with Crippen molar-refractivity contribution >= 4 is 23.9 Å². The minimum absolute atomic E-state index is 0.129. The summed E-state index contributed by atoms with van der Waals surface area (Å²) in [5.41, 5.74) is 0.704. The van der Waals surface area contributed by atoms with Gasteiger partial charge in [0.15, 0.2) is 0 Å². The van der Waals surface area contributed by atoms with Crippen molar-refractivity contribution < 1.29 is 44.7 Å². The summed E-state index contributed by atoms with van der Waals surface area (Å²) < 4.78 is 0. The summed E-state index contributed by atoms with van der Waals surface area (Å²) in [6.07, 6.45) is 7.27. The van der Waals surface area contributed by atoms with Crippen LogP contribution in [0.1, 0.15) is 34.6 Å². The Morgan fingerprint density at radius 2 is 0.806 bits per heavy atom. The van der Waals surface area contributed by atoms with Crippen molar-refractivity contribution in [2.75, 3.05) is 6.61 Å². The van der Waals surface area contributed by atoms with Crippen molar-refractivity contribution in [3.8, 4) is 0 Å². The second-order valence-electron chi connectivity index (χ2n) is 5.48. The van der Waals surface area contributed by atoms with Gasteiger partial charge in [-0.15, -0.1) is 0 Å². The van der Waals surface area contributed by atoms with Crippen molar-refractivity contribution in [1.29, 1.82) is 0 Å². The van der Waals surface area contributed by atoms with Crippen molar-refractivity contribution in [1.82, 2.24) is 0 Å². The molecule has 0 rings (SSSR count). The minimum atomic E-state index is -0.935. The van der Waals surface area contributed by atoms with E-state index < -0.39 is 23.9 Å². The molecule has 9 nitrogen and oxygen atoms in total. The Morgan fingerprint density at radius 1 is 0.613 bits per heavy atom. The third-order valence-corrected chi connectivity index (χ3v) is 2.01. The van der Waals surface area contributed by atoms with E-state index in [2.05, 4.69) is 26.3 Å². The molecule has 0 amide bonds. The molecule has 0 aliphatic heterocycles. The van der Waals surface area contributed by atoms with Gasteiger partial charge in [-0.05, 0) is 34.6 Å². The first-order chi connectivity index (χ1) is 14.0. The Bertz CT molecular complexity index is 537. The molecular formula is C22H34O9. The first-order valence-electron chi connectivity index (χ1n) is 8.43. The topological polar surface area (TPSA) is 169 Å². The van der Waals surface area contributed by atoms with Gasteiger partial charge in [0.25, 0.3) is 0 Å². The van der Waals surface area contributed by atoms with E-state index in [9.17, 15) is 19.2 Å². The van der Waals surface area contributed by atoms with Gasteiger partial charge in [-0.25, -0.2) is 19.2 Å². The normalized spacial score (nSPS) is 8.45. The van der Waals surface area contributed by atoms with Crippen LogP contribution in [0.25, 0.3) is 0 Å². The molecule has 0 bridgehead atoms. The van der Waals surface area contributed by atoms with E-state index in [1.165, 1.54) is 27.7 Å². The highest BCUT2D eigenvalue weighted by molar-refractivity contribution is 5.85. The highest BCUT2D eigenvalue weighted by atomic mass is 16.4. The predicted molar refractivity (Wildman–Crippen MR) is 121 cm³/mol. The molecule has 0 atom stereocenters. The number of hydrogen-bond acceptors (Lipinski definition) is 5. The Balaban J connectivity index is -0.0000000910. The quantitative estimate of drug-likeness (QED) is 0.304. The highest BCUT2D eigenvalue weighted by Crippen LogP contribution is 1.82. The highest BCUT2D eigenvalue weighted by Gasteiger charge is 1.91. The van der Waals surface area contributed by atoms with E-state index in [1.54, 1.807) is 12.2 Å². The van der Waals surface area contributed by atoms with Gasteiger partial charge in [0.05, 0.1) is 6.61 Å². The van der Waals surface area contributed by atoms with Crippen LogP contribution >= 0.6 is 0 Å². The molecule has 0 spiro atoms. The van der Waals surface area contributed by atoms with Crippen molar-refractivity contribution in [2.45, 2.75) is 34.6 Å². The molecule has 0 aliphatic rings. The number of rotatable bonds is 6. The fraction of sp³-hybridized carbons (Fsp3) is 0.273. The summed E-state index contributed by atoms with van der Waals surface area (Å²) in [5.74, 6) is -3.74. The van der Waals surface area contributed by atoms with Gasteiger partial charge in [0, 0.05) is 22.3 Å². The SMILES string of the molecule is C=C(C)C(=O)O.C=C(C)C(=O)O.C=C(C)C(=O)O.C=C(C)C(=O)O.CC=CC=CCO. The molecular weight excluding hydrogens is 408 g/mol. The van der Waals surface area contributed by atoms with Crippen molar-refractivity contribution in [3.63, 3.8) is 0 Å². The number of carboxylic acids is 4. The van der Waals surface area contributed by atoms with Crippen LogP contribution in [0.3, 0.4) is 0 Å². The standard InChI is InChI=1S/C6H10O.4C4H6O2/c1-2-3-4-5-6-7;4*1-3(2)4(5)6/h2-5,7H,6H2,1H3;4*1H2,2H3,(H,5,6). The van der Waals surface area contributed by atoms with E-state index in [-0.39, 0.29) is 28.9 Å². The van der Waals surface area contributed by atoms with Crippen LogP contribution in [-0.4, -0.2) is 56.0 Å². The zero-order valence-corrected chi connectivity index (χ0v) is 18.7. The maximum absolute atomic E-state index is 9.60. The van der Waals surface area contributed by atoms with Gasteiger partial charge in [-0.2, -0.15) is 0 Å². The lowest BCUT2D eigenvalue weighted by Crippen LogP contribution is -1.92. The Hall–Kier alpha value is -3.72. The Morgan fingerprint density at radius 3 is 0.903 bits per heavy atom. The molecule has 0 aliphatic carbocycles. The number of allylic oxidation sites excluding steroid dienone is 3. The van der Waals surface area contributed by atoms with E-state index >= 15 is 0 Å². The average molecular weight is 443 g/mol. The average Bonchev–Trinajstić information content (AvgIpc) is 2.63. The molecule has 0 aromatic carbocycles. The molecule has 0 saturated heterocycles. The molecule has 0 aromatic heterocycles. The van der Waals surface area contributed by atoms with Crippen LogP contribution in [0.15, 0.2) is 72.9 Å². The molecule has 0 heterocycles. The summed E-state index contributed by atoms with van der Waals surface area (Å²) >= 11 is 0. The molecule has 0 radical (unpaired) electrons. The third kappa shape index (κ3) is 58.5. The van der Waals surface area contributed by atoms with E-state index in [1.807, 2.05) is 19.1 Å². The second kappa shape index (κ2) is 26.3. The van der Waals surface area contributed by atoms with Crippen LogP contribution < -0.4 is 0 Å². The largest absolute Gasteiger partial charge is 0.478 e. The van der Waals surface area contributed by atoms with Crippen LogP contribution in [0.4, 0.5) is 0 Å². The van der Waals surface area contributed by atoms with E-state index in [0.29, 0.717) is 0 Å². The van der Waals surface area contributed by atoms with Gasteiger partial charge in [0.1, 0.15) is 0 Å². The Kier molecular flexibility index (Phi) is 32.2. The van der Waals surface area contributed by atoms with Crippen LogP contribution in [-0.2, 0) is 19.2 Å². The van der Waals surface area contributed by atoms with Gasteiger partial charge in [-0.3, -0.25) is 0 Å². The number of carbonyl (C=O) groups is 4. The van der Waals surface area contributed by atoms with Gasteiger partial charge in [0.2, 0.25) is 0 Å². The summed E-state index contributed by atoms with van der Waals surface area (Å²) in [5, 5.41) is 39.7. The van der Waals surface area contributed by atoms with Gasteiger partial charge >= 0.3 is 23.9 Å². The lowest BCUT2D eigenvalue weighted by molar-refractivity contribution is -0.133. The predicted octanol–water partition coefficient (Wildman–Crippen LogP) is 3.70. The third-order valence-electron chi connectivity index (χ3n) is 2.01. The molecule has 0 unspecified atom stereocenters. The smallest absolute Gasteiger partial charge is 0.330 e. The molecule has 9 heteroatoms. The van der Waals surface area contributed by atoms with Crippen LogP contribution in [0.5, 0.6) is 0 Å². The molecule has 5 N–H and O–H groups in total. The van der Waals surface area contributed by atoms with E-state index in [0.717, 1.165) is 0 Å². The van der Waals surface area contributed by atoms with Crippen molar-refractivity contribution in [2.24, 2.45) is 0 Å². The fourth-order valence-electron chi connectivity index (χ4n) is 0.251. The zero-order valence-electron chi connectivity index (χ0n) is 18.7. The zero-order chi connectivity index (χ0) is 26.2. The molecule has 31 heavy (non-hydrogen) atoms. The van der Waals surface area contributed by atoms with Crippen molar-refractivity contribution in [3.05, 3.63) is 72.9 Å². The van der Waals surface area contributed by atoms with Gasteiger partial charge < -0.3 is 25.5 Å². The first kappa shape index (κ1) is 38.0. The lowest BCUT2D eigenvalue weighted by atomic mass is 10.4. The summed E-state index contributed by atoms with van der Waals surface area (Å²) in [6.45, 7) is 20.5. The summed E-state index contributed by atoms with van der Waals surface area (Å²) in [7, 11) is 0. The number of hydrogen-bond donors (Lipinski definition) is 5. The maximum Gasteiger partial charge on any atom is 0.330 e. The van der Waals surface area contributed by atoms with E-state index in [4.69, 9.17) is 25.5 Å². The number of aliphatic carboxylic acids is 4. The minimum Gasteiger partial charge on any atom is -0.478 e. The fourth-order valence-corrected chi connectivity index (χ4v) is 0.251. The van der Waals surface area contributed by atoms with Gasteiger partial charge in [-0.1, -0.05) is 50.6 Å². The maximum atomic E-state index is 9.60. The number of aliphatic hydroxyl groups is 1. The monoisotopic (exact) mass is 442 g/mol. The lowest BCUT2D eigenvalue weighted by Gasteiger charge is -1.79. The van der Waals surface area contributed by atoms with Crippen LogP contribution in [0.2, 0.25) is 0 Å². The molecule has 0 saturated carbocycles. The Labute approximate surface area is 183 Å². The first-order valence-corrected chi connectivity index (χ1v) is 8.43. The van der Waals surface area contributed by atoms with Crippen LogP contribution in [0, 0.1) is 0 Å². The molecule has 0 aromatic rings. The number of carboxylic acid groups (broad SMARTS) is 4.